The number of hydrogen-bond acceptors (Lipinski definition) is 5. The van der Waals surface area contributed by atoms with E-state index in [0.29, 0.717) is 32.8 Å². The maximum atomic E-state index is 11.7. The number of rotatable bonds is 5. The molecule has 0 aliphatic heterocycles. The van der Waals surface area contributed by atoms with Gasteiger partial charge in [-0.15, -0.1) is 0 Å². The Morgan fingerprint density at radius 2 is 1.72 bits per heavy atom. The van der Waals surface area contributed by atoms with Gasteiger partial charge in [0.2, 0.25) is 0 Å². The van der Waals surface area contributed by atoms with E-state index in [4.69, 9.17) is 0 Å². The fraction of sp³-hybridized carbons (Fsp3) is 0.143. The van der Waals surface area contributed by atoms with Gasteiger partial charge < -0.3 is 10.2 Å². The van der Waals surface area contributed by atoms with Crippen LogP contribution in [0.15, 0.2) is 59.9 Å². The van der Waals surface area contributed by atoms with Gasteiger partial charge in [0.1, 0.15) is 10.3 Å². The Balaban J connectivity index is 2.04. The van der Waals surface area contributed by atoms with Crippen molar-refractivity contribution in [3.05, 3.63) is 60.3 Å². The lowest BCUT2D eigenvalue weighted by atomic mass is 10.0. The van der Waals surface area contributed by atoms with Crippen molar-refractivity contribution in [1.82, 2.24) is 14.5 Å². The monoisotopic (exact) mass is 407 g/mol. The molecule has 29 heavy (non-hydrogen) atoms. The Morgan fingerprint density at radius 1 is 1.00 bits per heavy atom. The molecule has 2 aromatic heterocycles. The number of carboxylic acid groups (broad SMARTS) is 2. The van der Waals surface area contributed by atoms with Crippen LogP contribution in [-0.4, -0.2) is 41.4 Å². The first-order valence-electron chi connectivity index (χ1n) is 8.81. The molecule has 8 heteroatoms. The number of carbonyl (C=O) groups is 2. The molecule has 0 atom stereocenters. The van der Waals surface area contributed by atoms with Gasteiger partial charge in [0.25, 0.3) is 0 Å². The second-order valence-corrected chi connectivity index (χ2v) is 8.57. The van der Waals surface area contributed by atoms with Gasteiger partial charge in [0, 0.05) is 11.6 Å². The highest BCUT2D eigenvalue weighted by Crippen LogP contribution is 2.37. The molecule has 0 aliphatic rings. The number of pyridine rings is 1. The van der Waals surface area contributed by atoms with E-state index in [1.807, 2.05) is 18.2 Å². The Labute approximate surface area is 170 Å². The SMILES string of the molecule is CC(C)(Sc1nc2cccnc2n1-c1ccc(C(=O)O)c2ccccc12)C(=O)O. The molecule has 4 rings (SSSR count). The minimum atomic E-state index is -1.12. The zero-order chi connectivity index (χ0) is 20.8. The quantitative estimate of drug-likeness (QED) is 0.477. The van der Waals surface area contributed by atoms with E-state index in [9.17, 15) is 19.8 Å². The number of aromatic nitrogens is 3. The van der Waals surface area contributed by atoms with Crippen molar-refractivity contribution in [2.75, 3.05) is 0 Å². The van der Waals surface area contributed by atoms with Crippen LogP contribution in [0.5, 0.6) is 0 Å². The van der Waals surface area contributed by atoms with Crippen LogP contribution in [0.1, 0.15) is 24.2 Å². The highest BCUT2D eigenvalue weighted by atomic mass is 32.2. The molecule has 0 saturated carbocycles. The maximum absolute atomic E-state index is 11.7. The Kier molecular flexibility index (Phi) is 4.50. The third-order valence-corrected chi connectivity index (χ3v) is 5.76. The van der Waals surface area contributed by atoms with Gasteiger partial charge in [-0.3, -0.25) is 9.36 Å². The fourth-order valence-electron chi connectivity index (χ4n) is 3.11. The van der Waals surface area contributed by atoms with E-state index in [-0.39, 0.29) is 5.56 Å². The maximum Gasteiger partial charge on any atom is 0.336 e. The van der Waals surface area contributed by atoms with E-state index in [2.05, 4.69) is 9.97 Å². The summed E-state index contributed by atoms with van der Waals surface area (Å²) in [5, 5.41) is 20.9. The summed E-state index contributed by atoms with van der Waals surface area (Å²) in [5.74, 6) is -1.97. The van der Waals surface area contributed by atoms with E-state index in [0.717, 1.165) is 11.8 Å². The molecule has 0 amide bonds. The number of nitrogens with zero attached hydrogens (tertiary/aromatic N) is 3. The number of fused-ring (bicyclic) bond motifs is 2. The molecule has 0 radical (unpaired) electrons. The molecule has 0 spiro atoms. The van der Waals surface area contributed by atoms with Crippen LogP contribution < -0.4 is 0 Å². The van der Waals surface area contributed by atoms with Crippen molar-refractivity contribution < 1.29 is 19.8 Å². The summed E-state index contributed by atoms with van der Waals surface area (Å²) >= 11 is 1.12. The van der Waals surface area contributed by atoms with Gasteiger partial charge in [-0.2, -0.15) is 0 Å². The molecule has 0 aliphatic carbocycles. The lowest BCUT2D eigenvalue weighted by Gasteiger charge is -2.19. The van der Waals surface area contributed by atoms with E-state index in [1.54, 1.807) is 54.9 Å². The van der Waals surface area contributed by atoms with E-state index >= 15 is 0 Å². The van der Waals surface area contributed by atoms with E-state index in [1.165, 1.54) is 0 Å². The minimum Gasteiger partial charge on any atom is -0.480 e. The Hall–Kier alpha value is -3.39. The standard InChI is InChI=1S/C21H17N3O4S/c1-21(2,19(27)28)29-20-23-15-8-5-11-22-17(15)24(20)16-10-9-14(18(25)26)12-6-3-4-7-13(12)16/h3-11H,1-2H3,(H,25,26)(H,27,28). The molecule has 2 heterocycles. The van der Waals surface area contributed by atoms with Crippen molar-refractivity contribution in [3.63, 3.8) is 0 Å². The van der Waals surface area contributed by atoms with Crippen molar-refractivity contribution in [1.29, 1.82) is 0 Å². The smallest absolute Gasteiger partial charge is 0.336 e. The number of imidazole rings is 1. The molecule has 2 N–H and O–H groups in total. The van der Waals surface area contributed by atoms with Gasteiger partial charge in [0.15, 0.2) is 10.8 Å². The summed E-state index contributed by atoms with van der Waals surface area (Å²) < 4.78 is 0.675. The molecule has 0 fully saturated rings. The molecule has 0 bridgehead atoms. The normalized spacial score (nSPS) is 11.8. The third-order valence-electron chi connectivity index (χ3n) is 4.62. The van der Waals surface area contributed by atoms with Crippen LogP contribution in [0, 0.1) is 0 Å². The van der Waals surface area contributed by atoms with Crippen molar-refractivity contribution >= 4 is 45.6 Å². The number of benzene rings is 2. The first-order chi connectivity index (χ1) is 13.8. The van der Waals surface area contributed by atoms with Crippen LogP contribution in [-0.2, 0) is 4.79 Å². The van der Waals surface area contributed by atoms with Crippen molar-refractivity contribution in [2.24, 2.45) is 0 Å². The van der Waals surface area contributed by atoms with Crippen LogP contribution in [0.25, 0.3) is 27.6 Å². The lowest BCUT2D eigenvalue weighted by Crippen LogP contribution is -2.27. The summed E-state index contributed by atoms with van der Waals surface area (Å²) in [6.45, 7) is 3.23. The average Bonchev–Trinajstić information content (AvgIpc) is 3.03. The third kappa shape index (κ3) is 3.21. The molecule has 7 nitrogen and oxygen atoms in total. The highest BCUT2D eigenvalue weighted by molar-refractivity contribution is 8.01. The summed E-state index contributed by atoms with van der Waals surface area (Å²) in [4.78, 5) is 32.4. The predicted molar refractivity (Wildman–Crippen MR) is 111 cm³/mol. The van der Waals surface area contributed by atoms with Crippen LogP contribution in [0.2, 0.25) is 0 Å². The molecule has 0 unspecified atom stereocenters. The average molecular weight is 407 g/mol. The van der Waals surface area contributed by atoms with Gasteiger partial charge in [0.05, 0.1) is 11.3 Å². The highest BCUT2D eigenvalue weighted by Gasteiger charge is 2.32. The lowest BCUT2D eigenvalue weighted by molar-refractivity contribution is -0.138. The minimum absolute atomic E-state index is 0.196. The van der Waals surface area contributed by atoms with Gasteiger partial charge in [-0.25, -0.2) is 14.8 Å². The van der Waals surface area contributed by atoms with E-state index < -0.39 is 16.7 Å². The van der Waals surface area contributed by atoms with Crippen LogP contribution in [0.4, 0.5) is 0 Å². The first-order valence-corrected chi connectivity index (χ1v) is 9.62. The second kappa shape index (κ2) is 6.89. The fourth-order valence-corrected chi connectivity index (χ4v) is 4.08. The predicted octanol–water partition coefficient (Wildman–Crippen LogP) is 4.23. The number of aromatic carboxylic acids is 1. The molecule has 0 saturated heterocycles. The largest absolute Gasteiger partial charge is 0.480 e. The topological polar surface area (TPSA) is 105 Å². The number of aliphatic carboxylic acids is 1. The van der Waals surface area contributed by atoms with Crippen molar-refractivity contribution in [2.45, 2.75) is 23.8 Å². The number of carboxylic acids is 2. The zero-order valence-corrected chi connectivity index (χ0v) is 16.5. The summed E-state index contributed by atoms with van der Waals surface area (Å²) in [7, 11) is 0. The van der Waals surface area contributed by atoms with Gasteiger partial charge in [-0.1, -0.05) is 36.0 Å². The molecular formula is C21H17N3O4S. The molecular weight excluding hydrogens is 390 g/mol. The summed E-state index contributed by atoms with van der Waals surface area (Å²) in [6.07, 6.45) is 1.64. The molecule has 2 aromatic carbocycles. The molecule has 146 valence electrons. The Morgan fingerprint density at radius 3 is 2.41 bits per heavy atom. The van der Waals surface area contributed by atoms with Gasteiger partial charge >= 0.3 is 11.9 Å². The van der Waals surface area contributed by atoms with Crippen LogP contribution in [0.3, 0.4) is 0 Å². The number of thioether (sulfide) groups is 1. The van der Waals surface area contributed by atoms with Gasteiger partial charge in [-0.05, 0) is 43.5 Å². The number of hydrogen-bond donors (Lipinski definition) is 2. The summed E-state index contributed by atoms with van der Waals surface area (Å²) in [6, 6.07) is 14.0. The summed E-state index contributed by atoms with van der Waals surface area (Å²) in [5.41, 5.74) is 2.09. The second-order valence-electron chi connectivity index (χ2n) is 6.98. The van der Waals surface area contributed by atoms with Crippen LogP contribution >= 0.6 is 11.8 Å². The zero-order valence-electron chi connectivity index (χ0n) is 15.7. The Bertz CT molecular complexity index is 1280. The first kappa shape index (κ1) is 18.9. The van der Waals surface area contributed by atoms with Crippen molar-refractivity contribution in [3.8, 4) is 5.69 Å². The molecule has 4 aromatic rings.